The number of nitrogens with two attached hydrogens (primary N) is 1. The Morgan fingerprint density at radius 3 is 2.51 bits per heavy atom. The summed E-state index contributed by atoms with van der Waals surface area (Å²) in [7, 11) is 1.49. The highest BCUT2D eigenvalue weighted by molar-refractivity contribution is 6.31. The van der Waals surface area contributed by atoms with Crippen molar-refractivity contribution in [3.05, 3.63) is 88.0 Å². The van der Waals surface area contributed by atoms with E-state index in [4.69, 9.17) is 22.1 Å². The van der Waals surface area contributed by atoms with Gasteiger partial charge in [0.2, 0.25) is 11.8 Å². The molecule has 2 aromatic heterocycles. The molecule has 0 radical (unpaired) electrons. The first-order chi connectivity index (χ1) is 17.7. The predicted molar refractivity (Wildman–Crippen MR) is 138 cm³/mol. The van der Waals surface area contributed by atoms with Crippen molar-refractivity contribution in [1.82, 2.24) is 14.5 Å². The van der Waals surface area contributed by atoms with Crippen LogP contribution in [0.25, 0.3) is 11.3 Å². The summed E-state index contributed by atoms with van der Waals surface area (Å²) in [6.45, 7) is 4.01. The normalized spacial score (nSPS) is 14.7. The highest BCUT2D eigenvalue weighted by Crippen LogP contribution is 2.47. The maximum Gasteiger partial charge on any atom is 0.261 e. The summed E-state index contributed by atoms with van der Waals surface area (Å²) in [5.41, 5.74) is 9.98. The van der Waals surface area contributed by atoms with E-state index in [9.17, 15) is 14.4 Å². The van der Waals surface area contributed by atoms with Crippen LogP contribution in [-0.2, 0) is 0 Å². The lowest BCUT2D eigenvalue weighted by molar-refractivity contribution is 0.0993. The van der Waals surface area contributed by atoms with Crippen LogP contribution in [0, 0.1) is 17.1 Å². The monoisotopic (exact) mass is 516 g/mol. The number of nitrogen functional groups attached to an aromatic ring is 1. The van der Waals surface area contributed by atoms with E-state index in [-0.39, 0.29) is 28.8 Å². The van der Waals surface area contributed by atoms with Crippen LogP contribution in [0.15, 0.2) is 54.7 Å². The Labute approximate surface area is 217 Å². The minimum absolute atomic E-state index is 0.0710. The summed E-state index contributed by atoms with van der Waals surface area (Å²) < 4.78 is 21.5. The minimum atomic E-state index is -0.575. The third kappa shape index (κ3) is 3.96. The molecule has 10 heteroatoms. The van der Waals surface area contributed by atoms with Crippen LogP contribution in [0.4, 0.5) is 16.0 Å². The molecule has 8 nitrogen and oxygen atoms in total. The van der Waals surface area contributed by atoms with Crippen molar-refractivity contribution in [3.63, 3.8) is 0 Å². The quantitative estimate of drug-likeness (QED) is 0.373. The van der Waals surface area contributed by atoms with Gasteiger partial charge >= 0.3 is 0 Å². The first-order valence-electron chi connectivity index (χ1n) is 11.5. The molecule has 2 aromatic carbocycles. The van der Waals surface area contributed by atoms with Crippen LogP contribution >= 0.6 is 11.6 Å². The topological polar surface area (TPSA) is 110 Å². The molecule has 2 N–H and O–H groups in total. The van der Waals surface area contributed by atoms with Gasteiger partial charge in [-0.25, -0.2) is 9.37 Å². The first-order valence-corrected chi connectivity index (χ1v) is 11.8. The molecule has 0 unspecified atom stereocenters. The van der Waals surface area contributed by atoms with Gasteiger partial charge in [0, 0.05) is 17.9 Å². The fourth-order valence-corrected chi connectivity index (χ4v) is 4.96. The van der Waals surface area contributed by atoms with E-state index in [1.54, 1.807) is 29.3 Å². The molecule has 0 fully saturated rings. The van der Waals surface area contributed by atoms with Crippen LogP contribution < -0.4 is 15.4 Å². The van der Waals surface area contributed by atoms with Gasteiger partial charge in [0.25, 0.3) is 5.91 Å². The van der Waals surface area contributed by atoms with Crippen molar-refractivity contribution in [3.8, 4) is 23.2 Å². The molecule has 0 spiro atoms. The van der Waals surface area contributed by atoms with Crippen molar-refractivity contribution in [2.24, 2.45) is 0 Å². The van der Waals surface area contributed by atoms with Gasteiger partial charge in [-0.1, -0.05) is 23.7 Å². The number of ether oxygens (including phenoxy) is 1. The van der Waals surface area contributed by atoms with E-state index in [1.165, 1.54) is 25.3 Å². The Morgan fingerprint density at radius 2 is 1.89 bits per heavy atom. The van der Waals surface area contributed by atoms with E-state index in [1.807, 2.05) is 30.5 Å². The largest absolute Gasteiger partial charge is 0.480 e. The summed E-state index contributed by atoms with van der Waals surface area (Å²) in [4.78, 5) is 23.9. The smallest absolute Gasteiger partial charge is 0.261 e. The van der Waals surface area contributed by atoms with Crippen molar-refractivity contribution < 1.29 is 13.9 Å². The zero-order valence-electron chi connectivity index (χ0n) is 20.2. The Morgan fingerprint density at radius 1 is 1.16 bits per heavy atom. The average Bonchev–Trinajstić information content (AvgIpc) is 3.41. The molecule has 4 aromatic rings. The molecular weight excluding hydrogens is 495 g/mol. The standard InChI is InChI=1S/C27H22ClFN6O2/c1-14(2)34-22(19-13-32-27(31)33-25(19)37-3)11-18-24(34)23(16-6-4-15(12-30)5-7-16)35(26(18)36)17-8-9-21(29)20(28)10-17/h4-11,13-14,23H,1-3H3,(H2,31,32,33)/t23-/m0/s1. The van der Waals surface area contributed by atoms with Gasteiger partial charge in [-0.2, -0.15) is 10.2 Å². The molecule has 37 heavy (non-hydrogen) atoms. The molecule has 3 heterocycles. The van der Waals surface area contributed by atoms with E-state index in [0.717, 1.165) is 11.3 Å². The van der Waals surface area contributed by atoms with Gasteiger partial charge in [0.1, 0.15) is 11.9 Å². The molecular formula is C27H22ClFN6O2. The molecule has 1 aliphatic rings. The molecule has 5 rings (SSSR count). The van der Waals surface area contributed by atoms with Gasteiger partial charge in [0.15, 0.2) is 0 Å². The van der Waals surface area contributed by atoms with Crippen molar-refractivity contribution in [2.75, 3.05) is 17.7 Å². The lowest BCUT2D eigenvalue weighted by Crippen LogP contribution is -2.30. The zero-order valence-corrected chi connectivity index (χ0v) is 21.0. The lowest BCUT2D eigenvalue weighted by Gasteiger charge is -2.29. The van der Waals surface area contributed by atoms with Crippen molar-refractivity contribution in [2.45, 2.75) is 25.9 Å². The van der Waals surface area contributed by atoms with Crippen LogP contribution in [0.5, 0.6) is 5.88 Å². The fourth-order valence-electron chi connectivity index (χ4n) is 4.78. The third-order valence-electron chi connectivity index (χ3n) is 6.34. The van der Waals surface area contributed by atoms with Crippen LogP contribution in [0.1, 0.15) is 53.1 Å². The number of amides is 1. The number of methoxy groups -OCH3 is 1. The number of halogens is 2. The summed E-state index contributed by atoms with van der Waals surface area (Å²) in [5.74, 6) is -0.492. The number of fused-ring (bicyclic) bond motifs is 1. The van der Waals surface area contributed by atoms with E-state index in [2.05, 4.69) is 16.0 Å². The highest BCUT2D eigenvalue weighted by atomic mass is 35.5. The Hall–Kier alpha value is -4.42. The maximum absolute atomic E-state index is 14.0. The number of carbonyl (C=O) groups is 1. The van der Waals surface area contributed by atoms with Gasteiger partial charge < -0.3 is 15.0 Å². The van der Waals surface area contributed by atoms with Gasteiger partial charge in [-0.05, 0) is 55.8 Å². The zero-order chi connectivity index (χ0) is 26.4. The number of anilines is 2. The molecule has 0 saturated carbocycles. The van der Waals surface area contributed by atoms with Gasteiger partial charge in [-0.3, -0.25) is 9.69 Å². The molecule has 1 aliphatic heterocycles. The number of nitriles is 1. The number of carbonyl (C=O) groups excluding carboxylic acids is 1. The predicted octanol–water partition coefficient (Wildman–Crippen LogP) is 5.53. The Kier molecular flexibility index (Phi) is 6.05. The summed E-state index contributed by atoms with van der Waals surface area (Å²) >= 11 is 6.10. The van der Waals surface area contributed by atoms with E-state index >= 15 is 0 Å². The van der Waals surface area contributed by atoms with E-state index in [0.29, 0.717) is 28.1 Å². The van der Waals surface area contributed by atoms with E-state index < -0.39 is 11.9 Å². The Balaban J connectivity index is 1.78. The molecule has 0 bridgehead atoms. The molecule has 0 aliphatic carbocycles. The van der Waals surface area contributed by atoms with Crippen LogP contribution in [0.3, 0.4) is 0 Å². The number of hydrogen-bond acceptors (Lipinski definition) is 6. The molecule has 186 valence electrons. The van der Waals surface area contributed by atoms with Gasteiger partial charge in [0.05, 0.1) is 46.3 Å². The SMILES string of the molecule is COc1nc(N)ncc1-c1cc2c(n1C(C)C)[C@H](c1ccc(C#N)cc1)N(c1ccc(F)c(Cl)c1)C2=O. The second-order valence-electron chi connectivity index (χ2n) is 8.85. The number of benzene rings is 2. The number of hydrogen-bond donors (Lipinski definition) is 1. The minimum Gasteiger partial charge on any atom is -0.480 e. The van der Waals surface area contributed by atoms with Crippen molar-refractivity contribution in [1.29, 1.82) is 5.26 Å². The van der Waals surface area contributed by atoms with Crippen LogP contribution in [-0.4, -0.2) is 27.6 Å². The van der Waals surface area contributed by atoms with Crippen LogP contribution in [0.2, 0.25) is 5.02 Å². The van der Waals surface area contributed by atoms with Crippen molar-refractivity contribution >= 4 is 29.1 Å². The highest BCUT2D eigenvalue weighted by Gasteiger charge is 2.43. The fraction of sp³-hybridized carbons (Fsp3) is 0.185. The summed E-state index contributed by atoms with van der Waals surface area (Å²) in [5, 5.41) is 9.21. The summed E-state index contributed by atoms with van der Waals surface area (Å²) in [6, 6.07) is 14.5. The number of aromatic nitrogens is 3. The maximum atomic E-state index is 14.0. The second kappa shape index (κ2) is 9.22. The summed E-state index contributed by atoms with van der Waals surface area (Å²) in [6.07, 6.45) is 1.57. The third-order valence-corrected chi connectivity index (χ3v) is 6.63. The number of nitrogens with zero attached hydrogens (tertiary/aromatic N) is 5. The molecule has 1 amide bonds. The first kappa shape index (κ1) is 24.3. The Bertz CT molecular complexity index is 1580. The number of rotatable bonds is 5. The molecule has 0 saturated heterocycles. The second-order valence-corrected chi connectivity index (χ2v) is 9.26. The van der Waals surface area contributed by atoms with Gasteiger partial charge in [-0.15, -0.1) is 0 Å². The lowest BCUT2D eigenvalue weighted by atomic mass is 10.0. The average molecular weight is 517 g/mol. The molecule has 1 atom stereocenters.